The summed E-state index contributed by atoms with van der Waals surface area (Å²) in [5.74, 6) is 2.56. The average Bonchev–Trinajstić information content (AvgIpc) is 3.87. The van der Waals surface area contributed by atoms with Crippen LogP contribution in [0.1, 0.15) is 125 Å². The number of hydrogen-bond acceptors (Lipinski definition) is 4. The fourth-order valence-electron chi connectivity index (χ4n) is 10.1. The van der Waals surface area contributed by atoms with Gasteiger partial charge in [-0.15, -0.1) is 0 Å². The van der Waals surface area contributed by atoms with Crippen molar-refractivity contribution in [2.75, 3.05) is 6.54 Å². The van der Waals surface area contributed by atoms with E-state index in [9.17, 15) is 9.90 Å². The molecule has 4 aromatic rings. The van der Waals surface area contributed by atoms with Crippen molar-refractivity contribution in [2.45, 2.75) is 115 Å². The summed E-state index contributed by atoms with van der Waals surface area (Å²) in [6, 6.07) is 15.5. The molecule has 1 aliphatic heterocycles. The first kappa shape index (κ1) is 28.4. The predicted molar refractivity (Wildman–Crippen MR) is 181 cm³/mol. The van der Waals surface area contributed by atoms with E-state index >= 15 is 0 Å². The van der Waals surface area contributed by atoms with Crippen molar-refractivity contribution in [3.05, 3.63) is 70.5 Å². The van der Waals surface area contributed by atoms with Gasteiger partial charge in [0.1, 0.15) is 17.2 Å². The summed E-state index contributed by atoms with van der Waals surface area (Å²) in [4.78, 5) is 23.4. The Kier molecular flexibility index (Phi) is 6.24. The van der Waals surface area contributed by atoms with Crippen molar-refractivity contribution in [1.82, 2.24) is 14.9 Å². The molecule has 1 spiro atoms. The number of imidazole rings is 1. The normalized spacial score (nSPS) is 24.3. The molecule has 5 aliphatic rings. The monoisotopic (exact) mass is 615 g/mol. The highest BCUT2D eigenvalue weighted by Gasteiger charge is 2.44. The summed E-state index contributed by atoms with van der Waals surface area (Å²) >= 11 is 0. The van der Waals surface area contributed by atoms with Gasteiger partial charge in [0.2, 0.25) is 0 Å². The van der Waals surface area contributed by atoms with E-state index in [4.69, 9.17) is 9.72 Å². The Morgan fingerprint density at radius 2 is 1.63 bits per heavy atom. The lowest BCUT2D eigenvalue weighted by molar-refractivity contribution is 0.0219. The van der Waals surface area contributed by atoms with Crippen molar-refractivity contribution in [3.8, 4) is 28.0 Å². The second-order valence-electron chi connectivity index (χ2n) is 16.0. The Morgan fingerprint density at radius 1 is 0.913 bits per heavy atom. The third-order valence-corrected chi connectivity index (χ3v) is 12.0. The lowest BCUT2D eigenvalue weighted by Gasteiger charge is -2.27. The fraction of sp³-hybridized carbons (Fsp3) is 0.500. The number of nitrogens with zero attached hydrogens (tertiary/aromatic N) is 2. The van der Waals surface area contributed by atoms with Crippen molar-refractivity contribution in [1.29, 1.82) is 0 Å². The number of H-pyrrole nitrogens is 1. The number of likely N-dealkylation sites (tertiary alicyclic amines) is 1. The lowest BCUT2D eigenvalue weighted by Crippen LogP contribution is -2.36. The third-order valence-electron chi connectivity index (χ3n) is 12.0. The highest BCUT2D eigenvalue weighted by Crippen LogP contribution is 2.60. The van der Waals surface area contributed by atoms with Gasteiger partial charge in [-0.25, -0.2) is 9.78 Å². The minimum absolute atomic E-state index is 0.0969. The predicted octanol–water partition coefficient (Wildman–Crippen LogP) is 9.70. The van der Waals surface area contributed by atoms with Crippen LogP contribution in [0.2, 0.25) is 0 Å². The zero-order valence-corrected chi connectivity index (χ0v) is 27.4. The number of phenolic OH excluding ortho intramolecular Hbond substituents is 1. The largest absolute Gasteiger partial charge is 0.508 e. The molecule has 0 radical (unpaired) electrons. The maximum absolute atomic E-state index is 13.0. The maximum atomic E-state index is 13.0. The number of rotatable bonds is 3. The first-order valence-electron chi connectivity index (χ1n) is 17.7. The van der Waals surface area contributed by atoms with Gasteiger partial charge >= 0.3 is 6.09 Å². The molecule has 2 N–H and O–H groups in total. The fourth-order valence-corrected chi connectivity index (χ4v) is 10.1. The molecule has 3 fully saturated rings. The van der Waals surface area contributed by atoms with Crippen molar-refractivity contribution in [2.24, 2.45) is 5.41 Å². The summed E-state index contributed by atoms with van der Waals surface area (Å²) in [6.07, 6.45) is 12.7. The maximum Gasteiger partial charge on any atom is 0.410 e. The summed E-state index contributed by atoms with van der Waals surface area (Å²) in [7, 11) is 0. The van der Waals surface area contributed by atoms with Gasteiger partial charge in [0.05, 0.1) is 17.1 Å². The molecule has 238 valence electrons. The Labute approximate surface area is 271 Å². The standard InChI is InChI=1S/C40H45N3O3/c1-39(2,3)46-38(45)43-18-6-7-33(43)37-41-31-14-10-23(20-32(31)42-37)26-11-12-28(36-25-9-8-24(19-25)35(26)36)27-13-15-34(44)30-22-40(21-29(27)30)16-4-5-17-40/h10-15,20,24-25,33,44H,4-9,16-19,21-22H2,1-3H3,(H,41,42)/t24?,25?,33-/m0/s1. The second-order valence-corrected chi connectivity index (χ2v) is 16.0. The Hall–Kier alpha value is -3.80. The number of benzene rings is 3. The topological polar surface area (TPSA) is 78.4 Å². The number of carbonyl (C=O) groups is 1. The van der Waals surface area contributed by atoms with Gasteiger partial charge in [0.25, 0.3) is 0 Å². The quantitative estimate of drug-likeness (QED) is 0.241. The van der Waals surface area contributed by atoms with E-state index in [0.29, 0.717) is 29.5 Å². The molecule has 6 heteroatoms. The van der Waals surface area contributed by atoms with E-state index in [1.807, 2.05) is 31.7 Å². The number of carbonyl (C=O) groups excluding carboxylic acids is 1. The molecule has 4 aliphatic carbocycles. The lowest BCUT2D eigenvalue weighted by atomic mass is 9.79. The number of ether oxygens (including phenoxy) is 1. The summed E-state index contributed by atoms with van der Waals surface area (Å²) in [5, 5.41) is 10.9. The molecule has 3 aromatic carbocycles. The minimum Gasteiger partial charge on any atom is -0.508 e. The molecular formula is C40H45N3O3. The number of aromatic nitrogens is 2. The molecule has 2 saturated carbocycles. The van der Waals surface area contributed by atoms with Crippen LogP contribution in [0.5, 0.6) is 5.75 Å². The zero-order chi connectivity index (χ0) is 31.4. The number of fused-ring (bicyclic) bond motifs is 7. The van der Waals surface area contributed by atoms with E-state index in [1.165, 1.54) is 78.3 Å². The SMILES string of the molecule is CC(C)(C)OC(=O)N1CCC[C@H]1c1nc2ccc(-c3ccc(-c4ccc(O)c5c4CC4(CCCC4)C5)c4c3C3CCC4C3)cc2[nH]1. The Bertz CT molecular complexity index is 1890. The summed E-state index contributed by atoms with van der Waals surface area (Å²) < 4.78 is 5.72. The molecule has 3 atom stereocenters. The van der Waals surface area contributed by atoms with Crippen molar-refractivity contribution < 1.29 is 14.6 Å². The number of phenols is 1. The molecule has 2 unspecified atom stereocenters. The van der Waals surface area contributed by atoms with E-state index < -0.39 is 5.60 Å². The van der Waals surface area contributed by atoms with Gasteiger partial charge in [-0.05, 0) is 159 Å². The Morgan fingerprint density at radius 3 is 2.41 bits per heavy atom. The molecule has 2 bridgehead atoms. The zero-order valence-electron chi connectivity index (χ0n) is 27.4. The van der Waals surface area contributed by atoms with Gasteiger partial charge in [0.15, 0.2) is 0 Å². The van der Waals surface area contributed by atoms with Crippen LogP contribution >= 0.6 is 0 Å². The third kappa shape index (κ3) is 4.42. The number of nitrogens with one attached hydrogen (secondary N) is 1. The molecule has 1 aromatic heterocycles. The van der Waals surface area contributed by atoms with Crippen LogP contribution < -0.4 is 0 Å². The minimum atomic E-state index is -0.525. The van der Waals surface area contributed by atoms with Gasteiger partial charge in [0, 0.05) is 6.54 Å². The van der Waals surface area contributed by atoms with E-state index in [1.54, 1.807) is 11.1 Å². The second kappa shape index (κ2) is 10.1. The van der Waals surface area contributed by atoms with Crippen LogP contribution in [0.4, 0.5) is 4.79 Å². The molecule has 6 nitrogen and oxygen atoms in total. The number of aromatic hydroxyl groups is 1. The highest BCUT2D eigenvalue weighted by atomic mass is 16.6. The van der Waals surface area contributed by atoms with Crippen LogP contribution in [0.15, 0.2) is 42.5 Å². The van der Waals surface area contributed by atoms with Gasteiger partial charge in [-0.1, -0.05) is 37.1 Å². The smallest absolute Gasteiger partial charge is 0.410 e. The van der Waals surface area contributed by atoms with Gasteiger partial charge in [-0.2, -0.15) is 0 Å². The van der Waals surface area contributed by atoms with Crippen LogP contribution in [-0.4, -0.2) is 38.2 Å². The van der Waals surface area contributed by atoms with E-state index in [2.05, 4.69) is 41.4 Å². The van der Waals surface area contributed by atoms with E-state index in [-0.39, 0.29) is 12.1 Å². The average molecular weight is 616 g/mol. The number of amides is 1. The summed E-state index contributed by atoms with van der Waals surface area (Å²) in [5.41, 5.74) is 12.9. The molecule has 46 heavy (non-hydrogen) atoms. The van der Waals surface area contributed by atoms with Crippen LogP contribution in [-0.2, 0) is 17.6 Å². The summed E-state index contributed by atoms with van der Waals surface area (Å²) in [6.45, 7) is 6.43. The molecular weight excluding hydrogens is 570 g/mol. The molecule has 2 heterocycles. The highest BCUT2D eigenvalue weighted by molar-refractivity contribution is 5.87. The number of hydrogen-bond donors (Lipinski definition) is 2. The number of aromatic amines is 1. The van der Waals surface area contributed by atoms with Crippen LogP contribution in [0.3, 0.4) is 0 Å². The first-order chi connectivity index (χ1) is 22.2. The van der Waals surface area contributed by atoms with E-state index in [0.717, 1.165) is 42.5 Å². The van der Waals surface area contributed by atoms with Crippen LogP contribution in [0.25, 0.3) is 33.3 Å². The molecule has 9 rings (SSSR count). The Balaban J connectivity index is 1.09. The van der Waals surface area contributed by atoms with Gasteiger partial charge in [-0.3, -0.25) is 4.90 Å². The molecule has 1 amide bonds. The van der Waals surface area contributed by atoms with Crippen molar-refractivity contribution >= 4 is 17.1 Å². The molecule has 1 saturated heterocycles. The van der Waals surface area contributed by atoms with Crippen LogP contribution in [0, 0.1) is 5.41 Å². The van der Waals surface area contributed by atoms with Crippen molar-refractivity contribution in [3.63, 3.8) is 0 Å². The van der Waals surface area contributed by atoms with Gasteiger partial charge < -0.3 is 14.8 Å². The first-order valence-corrected chi connectivity index (χ1v) is 17.7.